The molecule has 1 aliphatic carbocycles. The fourth-order valence-corrected chi connectivity index (χ4v) is 2.50. The van der Waals surface area contributed by atoms with Crippen molar-refractivity contribution in [2.75, 3.05) is 5.32 Å². The number of fused-ring (bicyclic) bond motifs is 1. The lowest BCUT2D eigenvalue weighted by atomic mass is 10.2. The predicted octanol–water partition coefficient (Wildman–Crippen LogP) is 3.27. The number of halogens is 1. The van der Waals surface area contributed by atoms with Gasteiger partial charge in [-0.1, -0.05) is 23.7 Å². The summed E-state index contributed by atoms with van der Waals surface area (Å²) < 4.78 is 2.04. The number of nitrogens with zero attached hydrogens (tertiary/aromatic N) is 4. The molecule has 0 saturated heterocycles. The Morgan fingerprint density at radius 1 is 1.19 bits per heavy atom. The monoisotopic (exact) mass is 299 g/mol. The van der Waals surface area contributed by atoms with Gasteiger partial charge in [-0.2, -0.15) is 0 Å². The molecule has 1 aliphatic rings. The van der Waals surface area contributed by atoms with Crippen LogP contribution >= 0.6 is 11.6 Å². The number of hydrogen-bond acceptors (Lipinski definition) is 4. The molecular weight excluding hydrogens is 286 g/mol. The van der Waals surface area contributed by atoms with Crippen LogP contribution in [0.25, 0.3) is 5.65 Å². The number of benzene rings is 1. The molecule has 0 bridgehead atoms. The van der Waals surface area contributed by atoms with Gasteiger partial charge in [0.25, 0.3) is 0 Å². The van der Waals surface area contributed by atoms with Crippen LogP contribution in [0, 0.1) is 0 Å². The summed E-state index contributed by atoms with van der Waals surface area (Å²) in [5.74, 6) is 2.36. The second kappa shape index (κ2) is 5.00. The van der Waals surface area contributed by atoms with Crippen LogP contribution in [0.3, 0.4) is 0 Å². The van der Waals surface area contributed by atoms with Gasteiger partial charge in [-0.3, -0.25) is 4.40 Å². The Kier molecular flexibility index (Phi) is 3.00. The van der Waals surface area contributed by atoms with E-state index in [1.807, 2.05) is 34.9 Å². The molecule has 3 aromatic rings. The molecule has 0 unspecified atom stereocenters. The Hall–Kier alpha value is -2.14. The van der Waals surface area contributed by atoms with Gasteiger partial charge in [-0.05, 0) is 30.5 Å². The Labute approximate surface area is 127 Å². The van der Waals surface area contributed by atoms with Gasteiger partial charge in [0.1, 0.15) is 5.82 Å². The summed E-state index contributed by atoms with van der Waals surface area (Å²) in [5, 5.41) is 12.6. The van der Waals surface area contributed by atoms with Crippen molar-refractivity contribution in [1.29, 1.82) is 0 Å². The van der Waals surface area contributed by atoms with Crippen LogP contribution in [0.2, 0.25) is 5.02 Å². The van der Waals surface area contributed by atoms with Crippen LogP contribution in [-0.4, -0.2) is 19.6 Å². The molecule has 1 N–H and O–H groups in total. The maximum Gasteiger partial charge on any atom is 0.203 e. The average molecular weight is 300 g/mol. The molecule has 2 aromatic heterocycles. The molecule has 106 valence electrons. The molecule has 6 heteroatoms. The minimum Gasteiger partial charge on any atom is -0.363 e. The first kappa shape index (κ1) is 12.6. The van der Waals surface area contributed by atoms with Gasteiger partial charge >= 0.3 is 0 Å². The minimum atomic E-state index is 0.562. The van der Waals surface area contributed by atoms with E-state index < -0.39 is 0 Å². The van der Waals surface area contributed by atoms with Gasteiger partial charge < -0.3 is 5.32 Å². The van der Waals surface area contributed by atoms with E-state index in [1.165, 1.54) is 12.8 Å². The molecule has 4 rings (SSSR count). The van der Waals surface area contributed by atoms with Crippen LogP contribution in [0.4, 0.5) is 5.82 Å². The molecule has 0 aliphatic heterocycles. The molecule has 5 nitrogen and oxygen atoms in total. The lowest BCUT2D eigenvalue weighted by Crippen LogP contribution is -2.04. The number of rotatable bonds is 4. The second-order valence-corrected chi connectivity index (χ2v) is 5.72. The highest BCUT2D eigenvalue weighted by Crippen LogP contribution is 2.39. The molecule has 21 heavy (non-hydrogen) atoms. The highest BCUT2D eigenvalue weighted by atomic mass is 35.5. The Balaban J connectivity index is 1.60. The smallest absolute Gasteiger partial charge is 0.203 e. The summed E-state index contributed by atoms with van der Waals surface area (Å²) in [6.07, 6.45) is 6.12. The lowest BCUT2D eigenvalue weighted by molar-refractivity contribution is 0.894. The van der Waals surface area contributed by atoms with Crippen molar-refractivity contribution in [1.82, 2.24) is 19.6 Å². The van der Waals surface area contributed by atoms with Gasteiger partial charge in [0.15, 0.2) is 5.82 Å². The maximum absolute atomic E-state index is 5.89. The SMILES string of the molecule is Clc1ccc(CNc2nccn3c(C4CC4)nnc23)cc1. The first-order chi connectivity index (χ1) is 10.3. The second-order valence-electron chi connectivity index (χ2n) is 5.28. The van der Waals surface area contributed by atoms with Crippen LogP contribution in [-0.2, 0) is 6.54 Å². The zero-order valence-corrected chi connectivity index (χ0v) is 12.1. The van der Waals surface area contributed by atoms with Crippen molar-refractivity contribution in [3.05, 3.63) is 53.1 Å². The van der Waals surface area contributed by atoms with Gasteiger partial charge in [0, 0.05) is 29.9 Å². The Morgan fingerprint density at radius 2 is 2.00 bits per heavy atom. The molecule has 1 saturated carbocycles. The molecule has 1 fully saturated rings. The first-order valence-corrected chi connectivity index (χ1v) is 7.37. The van der Waals surface area contributed by atoms with Crippen LogP contribution in [0.5, 0.6) is 0 Å². The summed E-state index contributed by atoms with van der Waals surface area (Å²) in [7, 11) is 0. The number of aromatic nitrogens is 4. The van der Waals surface area contributed by atoms with Crippen molar-refractivity contribution >= 4 is 23.1 Å². The Morgan fingerprint density at radius 3 is 2.76 bits per heavy atom. The van der Waals surface area contributed by atoms with Crippen molar-refractivity contribution in [2.24, 2.45) is 0 Å². The maximum atomic E-state index is 5.89. The molecule has 0 spiro atoms. The number of anilines is 1. The fourth-order valence-electron chi connectivity index (χ4n) is 2.38. The molecule has 2 heterocycles. The van der Waals surface area contributed by atoms with Crippen molar-refractivity contribution < 1.29 is 0 Å². The molecule has 0 radical (unpaired) electrons. The minimum absolute atomic E-state index is 0.562. The van der Waals surface area contributed by atoms with Gasteiger partial charge in [0.05, 0.1) is 0 Å². The number of nitrogens with one attached hydrogen (secondary N) is 1. The highest BCUT2D eigenvalue weighted by Gasteiger charge is 2.29. The topological polar surface area (TPSA) is 55.1 Å². The third kappa shape index (κ3) is 2.45. The van der Waals surface area contributed by atoms with Crippen LogP contribution in [0.1, 0.15) is 30.1 Å². The molecular formula is C15H14ClN5. The molecule has 0 amide bonds. The molecule has 0 atom stereocenters. The Bertz CT molecular complexity index is 776. The van der Waals surface area contributed by atoms with E-state index in [4.69, 9.17) is 11.6 Å². The quantitative estimate of drug-likeness (QED) is 0.803. The first-order valence-electron chi connectivity index (χ1n) is 6.99. The third-order valence-electron chi connectivity index (χ3n) is 3.67. The van der Waals surface area contributed by atoms with E-state index >= 15 is 0 Å². The normalized spacial score (nSPS) is 14.5. The zero-order valence-electron chi connectivity index (χ0n) is 11.3. The van der Waals surface area contributed by atoms with Gasteiger partial charge in [-0.15, -0.1) is 10.2 Å². The van der Waals surface area contributed by atoms with Crippen molar-refractivity contribution in [3.8, 4) is 0 Å². The fraction of sp³-hybridized carbons (Fsp3) is 0.267. The summed E-state index contributed by atoms with van der Waals surface area (Å²) >= 11 is 5.89. The third-order valence-corrected chi connectivity index (χ3v) is 3.92. The van der Waals surface area contributed by atoms with E-state index in [-0.39, 0.29) is 0 Å². The van der Waals surface area contributed by atoms with E-state index in [9.17, 15) is 0 Å². The van der Waals surface area contributed by atoms with E-state index in [0.29, 0.717) is 12.5 Å². The lowest BCUT2D eigenvalue weighted by Gasteiger charge is -2.07. The van der Waals surface area contributed by atoms with Crippen LogP contribution in [0.15, 0.2) is 36.7 Å². The van der Waals surface area contributed by atoms with Gasteiger partial charge in [-0.25, -0.2) is 4.98 Å². The summed E-state index contributed by atoms with van der Waals surface area (Å²) in [4.78, 5) is 4.37. The zero-order chi connectivity index (χ0) is 14.2. The summed E-state index contributed by atoms with van der Waals surface area (Å²) in [6, 6.07) is 7.76. The van der Waals surface area contributed by atoms with Gasteiger partial charge in [0.2, 0.25) is 5.65 Å². The number of hydrogen-bond donors (Lipinski definition) is 1. The standard InChI is InChI=1S/C15H14ClN5/c16-12-5-1-10(2-6-12)9-18-13-15-20-19-14(11-3-4-11)21(15)8-7-17-13/h1-2,5-8,11H,3-4,9H2,(H,17,18). The van der Waals surface area contributed by atoms with E-state index in [2.05, 4.69) is 20.5 Å². The van der Waals surface area contributed by atoms with Crippen molar-refractivity contribution in [3.63, 3.8) is 0 Å². The van der Waals surface area contributed by atoms with E-state index in [0.717, 1.165) is 27.9 Å². The average Bonchev–Trinajstić information content (AvgIpc) is 3.26. The summed E-state index contributed by atoms with van der Waals surface area (Å²) in [5.41, 5.74) is 1.93. The van der Waals surface area contributed by atoms with E-state index in [1.54, 1.807) is 6.20 Å². The molecule has 1 aromatic carbocycles. The van der Waals surface area contributed by atoms with Crippen molar-refractivity contribution in [2.45, 2.75) is 25.3 Å². The largest absolute Gasteiger partial charge is 0.363 e. The summed E-state index contributed by atoms with van der Waals surface area (Å²) in [6.45, 7) is 0.676. The predicted molar refractivity (Wildman–Crippen MR) is 81.5 cm³/mol. The van der Waals surface area contributed by atoms with Crippen LogP contribution < -0.4 is 5.32 Å². The highest BCUT2D eigenvalue weighted by molar-refractivity contribution is 6.30.